The SMILES string of the molecule is CC(=O)OC[C@H]1S[C@H](OC(C)=O)C[C@H]1OS(=O)(=O)c1ccc(C)cc1. The first-order valence-corrected chi connectivity index (χ1v) is 9.98. The van der Waals surface area contributed by atoms with Crippen LogP contribution in [0.15, 0.2) is 29.2 Å². The van der Waals surface area contributed by atoms with Crippen molar-refractivity contribution < 1.29 is 31.7 Å². The Balaban J connectivity index is 2.13. The maximum absolute atomic E-state index is 12.5. The van der Waals surface area contributed by atoms with E-state index >= 15 is 0 Å². The standard InChI is InChI=1S/C16H20O7S2/c1-10-4-6-13(7-5-10)25(19,20)23-14-8-16(22-12(3)18)24-15(14)9-21-11(2)17/h4-7,14-16H,8-9H2,1-3H3/t14-,15-,16+/m1/s1. The summed E-state index contributed by atoms with van der Waals surface area (Å²) in [5.41, 5.74) is 0.384. The molecule has 3 atom stereocenters. The van der Waals surface area contributed by atoms with Gasteiger partial charge in [-0.3, -0.25) is 13.8 Å². The van der Waals surface area contributed by atoms with Gasteiger partial charge in [-0.25, -0.2) is 0 Å². The van der Waals surface area contributed by atoms with E-state index in [0.29, 0.717) is 0 Å². The number of ether oxygens (including phenoxy) is 2. The highest BCUT2D eigenvalue weighted by atomic mass is 32.2. The minimum absolute atomic E-state index is 0.0220. The maximum atomic E-state index is 12.5. The molecule has 1 aromatic carbocycles. The summed E-state index contributed by atoms with van der Waals surface area (Å²) in [6.45, 7) is 4.37. The fourth-order valence-electron chi connectivity index (χ4n) is 2.31. The highest BCUT2D eigenvalue weighted by Gasteiger charge is 2.41. The Morgan fingerprint density at radius 2 is 1.80 bits per heavy atom. The van der Waals surface area contributed by atoms with E-state index < -0.39 is 38.8 Å². The van der Waals surface area contributed by atoms with Crippen LogP contribution in [0.4, 0.5) is 0 Å². The average Bonchev–Trinajstić information content (AvgIpc) is 2.85. The summed E-state index contributed by atoms with van der Waals surface area (Å²) in [5, 5.41) is -0.450. The van der Waals surface area contributed by atoms with Crippen LogP contribution in [0.1, 0.15) is 25.8 Å². The molecule has 9 heteroatoms. The van der Waals surface area contributed by atoms with Gasteiger partial charge in [0.2, 0.25) is 0 Å². The summed E-state index contributed by atoms with van der Waals surface area (Å²) < 4.78 is 40.4. The van der Waals surface area contributed by atoms with Crippen LogP contribution in [0, 0.1) is 6.92 Å². The zero-order chi connectivity index (χ0) is 18.6. The number of carbonyl (C=O) groups is 2. The minimum atomic E-state index is -3.98. The summed E-state index contributed by atoms with van der Waals surface area (Å²) in [6.07, 6.45) is -0.568. The van der Waals surface area contributed by atoms with Crippen LogP contribution in [0.2, 0.25) is 0 Å². The summed E-state index contributed by atoms with van der Waals surface area (Å²) >= 11 is 1.22. The molecule has 0 N–H and O–H groups in total. The maximum Gasteiger partial charge on any atom is 0.303 e. The smallest absolute Gasteiger partial charge is 0.303 e. The van der Waals surface area contributed by atoms with E-state index in [1.54, 1.807) is 12.1 Å². The zero-order valence-electron chi connectivity index (χ0n) is 14.1. The number of hydrogen-bond donors (Lipinski definition) is 0. The summed E-state index contributed by atoms with van der Waals surface area (Å²) in [4.78, 5) is 22.2. The van der Waals surface area contributed by atoms with Gasteiger partial charge in [-0.2, -0.15) is 8.42 Å². The van der Waals surface area contributed by atoms with Crippen LogP contribution in [-0.2, 0) is 33.4 Å². The Hall–Kier alpha value is -1.58. The first-order chi connectivity index (χ1) is 11.7. The van der Waals surface area contributed by atoms with Crippen molar-refractivity contribution in [1.29, 1.82) is 0 Å². The van der Waals surface area contributed by atoms with Gasteiger partial charge in [-0.15, -0.1) is 11.8 Å². The third-order valence-electron chi connectivity index (χ3n) is 3.47. The van der Waals surface area contributed by atoms with Gasteiger partial charge in [0.25, 0.3) is 10.1 Å². The number of thioether (sulfide) groups is 1. The van der Waals surface area contributed by atoms with Gasteiger partial charge in [0.05, 0.1) is 16.2 Å². The van der Waals surface area contributed by atoms with E-state index in [-0.39, 0.29) is 17.9 Å². The van der Waals surface area contributed by atoms with Crippen LogP contribution in [-0.4, -0.2) is 43.8 Å². The van der Waals surface area contributed by atoms with Crippen molar-refractivity contribution in [3.8, 4) is 0 Å². The Morgan fingerprint density at radius 1 is 1.16 bits per heavy atom. The molecular formula is C16H20O7S2. The Bertz CT molecular complexity index is 727. The molecule has 1 fully saturated rings. The van der Waals surface area contributed by atoms with Crippen molar-refractivity contribution in [2.75, 3.05) is 6.61 Å². The lowest BCUT2D eigenvalue weighted by atomic mass is 10.2. The van der Waals surface area contributed by atoms with Gasteiger partial charge < -0.3 is 9.47 Å². The quantitative estimate of drug-likeness (QED) is 0.539. The molecule has 0 spiro atoms. The minimum Gasteiger partial charge on any atom is -0.465 e. The van der Waals surface area contributed by atoms with Crippen molar-refractivity contribution in [3.63, 3.8) is 0 Å². The number of rotatable bonds is 6. The Morgan fingerprint density at radius 3 is 2.36 bits per heavy atom. The van der Waals surface area contributed by atoms with Gasteiger partial charge in [0.1, 0.15) is 6.61 Å². The third-order valence-corrected chi connectivity index (χ3v) is 6.21. The van der Waals surface area contributed by atoms with Gasteiger partial charge in [-0.05, 0) is 19.1 Å². The second-order valence-electron chi connectivity index (χ2n) is 5.65. The van der Waals surface area contributed by atoms with Gasteiger partial charge in [0.15, 0.2) is 5.44 Å². The summed E-state index contributed by atoms with van der Waals surface area (Å²) in [5.74, 6) is -0.942. The summed E-state index contributed by atoms with van der Waals surface area (Å²) in [6, 6.07) is 6.30. The largest absolute Gasteiger partial charge is 0.465 e. The topological polar surface area (TPSA) is 96.0 Å². The molecule has 0 aromatic heterocycles. The Labute approximate surface area is 151 Å². The molecule has 0 unspecified atom stereocenters. The van der Waals surface area contributed by atoms with Crippen molar-refractivity contribution in [3.05, 3.63) is 29.8 Å². The van der Waals surface area contributed by atoms with E-state index in [2.05, 4.69) is 0 Å². The van der Waals surface area contributed by atoms with Crippen LogP contribution in [0.25, 0.3) is 0 Å². The molecule has 1 aromatic rings. The number of aryl methyl sites for hydroxylation is 1. The van der Waals surface area contributed by atoms with Gasteiger partial charge >= 0.3 is 11.9 Å². The second kappa shape index (κ2) is 8.20. The highest BCUT2D eigenvalue weighted by Crippen LogP contribution is 2.38. The lowest BCUT2D eigenvalue weighted by Gasteiger charge is -2.18. The van der Waals surface area contributed by atoms with E-state index in [1.807, 2.05) is 6.92 Å². The second-order valence-corrected chi connectivity index (χ2v) is 8.63. The van der Waals surface area contributed by atoms with E-state index in [4.69, 9.17) is 13.7 Å². The average molecular weight is 388 g/mol. The first-order valence-electron chi connectivity index (χ1n) is 7.63. The van der Waals surface area contributed by atoms with Gasteiger partial charge in [0, 0.05) is 20.3 Å². The molecule has 0 amide bonds. The number of esters is 2. The van der Waals surface area contributed by atoms with E-state index in [0.717, 1.165) is 5.56 Å². The normalized spacial score (nSPS) is 23.2. The number of carbonyl (C=O) groups excluding carboxylic acids is 2. The molecule has 138 valence electrons. The van der Waals surface area contributed by atoms with Crippen molar-refractivity contribution in [2.45, 2.75) is 48.9 Å². The molecule has 1 heterocycles. The zero-order valence-corrected chi connectivity index (χ0v) is 15.8. The first kappa shape index (κ1) is 19.7. The molecular weight excluding hydrogens is 368 g/mol. The fraction of sp³-hybridized carbons (Fsp3) is 0.500. The molecule has 1 saturated heterocycles. The lowest BCUT2D eigenvalue weighted by molar-refractivity contribution is -0.142. The monoisotopic (exact) mass is 388 g/mol. The van der Waals surface area contributed by atoms with Crippen molar-refractivity contribution >= 4 is 33.8 Å². The van der Waals surface area contributed by atoms with Crippen LogP contribution in [0.3, 0.4) is 0 Å². The molecule has 0 aliphatic carbocycles. The highest BCUT2D eigenvalue weighted by molar-refractivity contribution is 8.00. The Kier molecular flexibility index (Phi) is 6.47. The molecule has 1 aliphatic rings. The van der Waals surface area contributed by atoms with Crippen molar-refractivity contribution in [2.24, 2.45) is 0 Å². The van der Waals surface area contributed by atoms with E-state index in [1.165, 1.54) is 37.7 Å². The molecule has 0 radical (unpaired) electrons. The number of benzene rings is 1. The number of hydrogen-bond acceptors (Lipinski definition) is 8. The van der Waals surface area contributed by atoms with Crippen LogP contribution < -0.4 is 0 Å². The molecule has 0 saturated carbocycles. The molecule has 7 nitrogen and oxygen atoms in total. The molecule has 25 heavy (non-hydrogen) atoms. The van der Waals surface area contributed by atoms with Crippen LogP contribution in [0.5, 0.6) is 0 Å². The third kappa shape index (κ3) is 5.72. The van der Waals surface area contributed by atoms with E-state index in [9.17, 15) is 18.0 Å². The molecule has 0 bridgehead atoms. The lowest BCUT2D eigenvalue weighted by Crippen LogP contribution is -2.29. The van der Waals surface area contributed by atoms with Crippen molar-refractivity contribution in [1.82, 2.24) is 0 Å². The van der Waals surface area contributed by atoms with Crippen LogP contribution >= 0.6 is 11.8 Å². The predicted octanol–water partition coefficient (Wildman–Crippen LogP) is 2.03. The fourth-order valence-corrected chi connectivity index (χ4v) is 4.87. The molecule has 1 aliphatic heterocycles. The molecule has 2 rings (SSSR count). The predicted molar refractivity (Wildman–Crippen MR) is 91.4 cm³/mol. The summed E-state index contributed by atoms with van der Waals surface area (Å²) in [7, 11) is -3.98. The van der Waals surface area contributed by atoms with Gasteiger partial charge in [-0.1, -0.05) is 17.7 Å².